The number of benzene rings is 1. The highest BCUT2D eigenvalue weighted by atomic mass is 16.5. The molecule has 0 saturated carbocycles. The fraction of sp³-hybridized carbons (Fsp3) is 0.476. The minimum absolute atomic E-state index is 0.0928. The maximum atomic E-state index is 13.5. The number of likely N-dealkylation sites (N-methyl/N-ethyl adjacent to an activating group) is 1. The van der Waals surface area contributed by atoms with E-state index in [0.29, 0.717) is 31.8 Å². The SMILES string of the molecule is COCCn1cc(C(=O)N2CCN(C(C)=O)CC2C(=O)N(C)C)c2ccccc21. The summed E-state index contributed by atoms with van der Waals surface area (Å²) in [6, 6.07) is 7.02. The number of aromatic nitrogens is 1. The summed E-state index contributed by atoms with van der Waals surface area (Å²) in [5.74, 6) is -0.474. The Morgan fingerprint density at radius 2 is 1.90 bits per heavy atom. The lowest BCUT2D eigenvalue weighted by Crippen LogP contribution is -2.61. The standard InChI is InChI=1S/C21H28N4O4/c1-15(26)23-9-10-25(19(14-23)21(28)22(2)3)20(27)17-13-24(11-12-29-4)18-8-6-5-7-16(17)18/h5-8,13,19H,9-12,14H2,1-4H3. The first-order valence-corrected chi connectivity index (χ1v) is 9.69. The van der Waals surface area contributed by atoms with Crippen molar-refractivity contribution >= 4 is 28.6 Å². The molecular formula is C21H28N4O4. The third-order valence-electron chi connectivity index (χ3n) is 5.37. The van der Waals surface area contributed by atoms with Crippen molar-refractivity contribution in [2.24, 2.45) is 0 Å². The molecule has 0 aliphatic carbocycles. The molecule has 2 aromatic rings. The molecule has 1 aliphatic rings. The summed E-state index contributed by atoms with van der Waals surface area (Å²) >= 11 is 0. The van der Waals surface area contributed by atoms with Crippen LogP contribution in [0.25, 0.3) is 10.9 Å². The zero-order valence-corrected chi connectivity index (χ0v) is 17.4. The first-order chi connectivity index (χ1) is 13.8. The quantitative estimate of drug-likeness (QED) is 0.752. The monoisotopic (exact) mass is 400 g/mol. The van der Waals surface area contributed by atoms with Gasteiger partial charge in [-0.2, -0.15) is 0 Å². The van der Waals surface area contributed by atoms with Crippen molar-refractivity contribution in [3.05, 3.63) is 36.0 Å². The second-order valence-corrected chi connectivity index (χ2v) is 7.46. The van der Waals surface area contributed by atoms with Gasteiger partial charge in [0.1, 0.15) is 6.04 Å². The Labute approximate surface area is 170 Å². The van der Waals surface area contributed by atoms with Crippen molar-refractivity contribution in [1.82, 2.24) is 19.3 Å². The smallest absolute Gasteiger partial charge is 0.256 e. The molecule has 0 N–H and O–H groups in total. The van der Waals surface area contributed by atoms with Gasteiger partial charge in [0.25, 0.3) is 5.91 Å². The third kappa shape index (κ3) is 4.12. The zero-order chi connectivity index (χ0) is 21.1. The van der Waals surface area contributed by atoms with E-state index in [9.17, 15) is 14.4 Å². The van der Waals surface area contributed by atoms with Gasteiger partial charge in [0, 0.05) is 64.9 Å². The zero-order valence-electron chi connectivity index (χ0n) is 17.4. The summed E-state index contributed by atoms with van der Waals surface area (Å²) in [7, 11) is 4.96. The molecule has 0 radical (unpaired) electrons. The van der Waals surface area contributed by atoms with Gasteiger partial charge in [-0.1, -0.05) is 18.2 Å². The predicted octanol–water partition coefficient (Wildman–Crippen LogP) is 1.05. The maximum Gasteiger partial charge on any atom is 0.256 e. The van der Waals surface area contributed by atoms with E-state index in [0.717, 1.165) is 10.9 Å². The van der Waals surface area contributed by atoms with Crippen LogP contribution in [0.2, 0.25) is 0 Å². The lowest BCUT2D eigenvalue weighted by atomic mass is 10.1. The molecule has 1 atom stereocenters. The van der Waals surface area contributed by atoms with Crippen molar-refractivity contribution in [3.8, 4) is 0 Å². The summed E-state index contributed by atoms with van der Waals surface area (Å²) in [5.41, 5.74) is 1.51. The highest BCUT2D eigenvalue weighted by Crippen LogP contribution is 2.25. The second-order valence-electron chi connectivity index (χ2n) is 7.46. The van der Waals surface area contributed by atoms with Crippen LogP contribution in [0.3, 0.4) is 0 Å². The summed E-state index contributed by atoms with van der Waals surface area (Å²) in [6.45, 7) is 3.59. The van der Waals surface area contributed by atoms with Gasteiger partial charge in [-0.25, -0.2) is 0 Å². The Balaban J connectivity index is 1.97. The van der Waals surface area contributed by atoms with Crippen LogP contribution in [-0.2, 0) is 20.9 Å². The number of amides is 3. The molecule has 1 aromatic heterocycles. The Hall–Kier alpha value is -2.87. The maximum absolute atomic E-state index is 13.5. The average Bonchev–Trinajstić information content (AvgIpc) is 3.09. The van der Waals surface area contributed by atoms with E-state index < -0.39 is 6.04 Å². The molecule has 156 valence electrons. The molecule has 3 rings (SSSR count). The molecule has 1 aromatic carbocycles. The van der Waals surface area contributed by atoms with Gasteiger partial charge in [-0.05, 0) is 6.07 Å². The number of fused-ring (bicyclic) bond motifs is 1. The number of methoxy groups -OCH3 is 1. The van der Waals surface area contributed by atoms with Gasteiger partial charge in [0.15, 0.2) is 0 Å². The molecule has 2 heterocycles. The normalized spacial score (nSPS) is 16.9. The predicted molar refractivity (Wildman–Crippen MR) is 110 cm³/mol. The highest BCUT2D eigenvalue weighted by molar-refractivity contribution is 6.08. The number of carbonyl (C=O) groups is 3. The lowest BCUT2D eigenvalue weighted by molar-refractivity contribution is -0.139. The number of nitrogens with zero attached hydrogens (tertiary/aromatic N) is 4. The Morgan fingerprint density at radius 3 is 2.55 bits per heavy atom. The Morgan fingerprint density at radius 1 is 1.17 bits per heavy atom. The molecule has 1 fully saturated rings. The minimum Gasteiger partial charge on any atom is -0.383 e. The van der Waals surface area contributed by atoms with Crippen molar-refractivity contribution in [2.45, 2.75) is 19.5 Å². The van der Waals surface area contributed by atoms with E-state index in [1.165, 1.54) is 11.8 Å². The fourth-order valence-electron chi connectivity index (χ4n) is 3.77. The molecule has 8 nitrogen and oxygen atoms in total. The minimum atomic E-state index is -0.698. The van der Waals surface area contributed by atoms with E-state index in [4.69, 9.17) is 4.74 Å². The number of rotatable bonds is 5. The molecule has 1 saturated heterocycles. The first kappa shape index (κ1) is 20.9. The van der Waals surface area contributed by atoms with Crippen molar-refractivity contribution in [3.63, 3.8) is 0 Å². The van der Waals surface area contributed by atoms with E-state index in [2.05, 4.69) is 0 Å². The summed E-state index contributed by atoms with van der Waals surface area (Å²) in [6.07, 6.45) is 1.83. The lowest BCUT2D eigenvalue weighted by Gasteiger charge is -2.41. The number of ether oxygens (including phenoxy) is 1. The molecule has 0 spiro atoms. The molecule has 1 unspecified atom stereocenters. The largest absolute Gasteiger partial charge is 0.383 e. The van der Waals surface area contributed by atoms with Gasteiger partial charge in [0.05, 0.1) is 18.7 Å². The summed E-state index contributed by atoms with van der Waals surface area (Å²) in [5, 5.41) is 0.846. The van der Waals surface area contributed by atoms with Crippen LogP contribution in [0.1, 0.15) is 17.3 Å². The molecule has 3 amide bonds. The van der Waals surface area contributed by atoms with E-state index >= 15 is 0 Å². The van der Waals surface area contributed by atoms with Gasteiger partial charge in [-0.3, -0.25) is 14.4 Å². The molecule has 8 heteroatoms. The van der Waals surface area contributed by atoms with Crippen LogP contribution in [0, 0.1) is 0 Å². The van der Waals surface area contributed by atoms with Gasteiger partial charge in [-0.15, -0.1) is 0 Å². The van der Waals surface area contributed by atoms with E-state index in [-0.39, 0.29) is 24.3 Å². The van der Waals surface area contributed by atoms with E-state index in [1.807, 2.05) is 35.0 Å². The fourth-order valence-corrected chi connectivity index (χ4v) is 3.77. The van der Waals surface area contributed by atoms with Crippen molar-refractivity contribution < 1.29 is 19.1 Å². The summed E-state index contributed by atoms with van der Waals surface area (Å²) in [4.78, 5) is 42.9. The molecule has 0 bridgehead atoms. The van der Waals surface area contributed by atoms with Crippen molar-refractivity contribution in [1.29, 1.82) is 0 Å². The molecule has 1 aliphatic heterocycles. The van der Waals surface area contributed by atoms with Crippen LogP contribution in [0.5, 0.6) is 0 Å². The number of hydrogen-bond acceptors (Lipinski definition) is 4. The third-order valence-corrected chi connectivity index (χ3v) is 5.37. The van der Waals surface area contributed by atoms with Gasteiger partial charge in [0.2, 0.25) is 11.8 Å². The van der Waals surface area contributed by atoms with Crippen molar-refractivity contribution in [2.75, 3.05) is 47.4 Å². The highest BCUT2D eigenvalue weighted by Gasteiger charge is 2.38. The second kappa shape index (κ2) is 8.65. The Bertz CT molecular complexity index is 921. The summed E-state index contributed by atoms with van der Waals surface area (Å²) < 4.78 is 7.19. The molecule has 29 heavy (non-hydrogen) atoms. The van der Waals surface area contributed by atoms with Crippen LogP contribution < -0.4 is 0 Å². The number of piperazine rings is 1. The molecular weight excluding hydrogens is 372 g/mol. The number of hydrogen-bond donors (Lipinski definition) is 0. The average molecular weight is 400 g/mol. The Kier molecular flexibility index (Phi) is 6.22. The van der Waals surface area contributed by atoms with Crippen LogP contribution in [0.4, 0.5) is 0 Å². The topological polar surface area (TPSA) is 75.1 Å². The van der Waals surface area contributed by atoms with Crippen LogP contribution in [0.15, 0.2) is 30.5 Å². The van der Waals surface area contributed by atoms with Gasteiger partial charge >= 0.3 is 0 Å². The van der Waals surface area contributed by atoms with Crippen LogP contribution >= 0.6 is 0 Å². The van der Waals surface area contributed by atoms with Gasteiger partial charge < -0.3 is 24.0 Å². The van der Waals surface area contributed by atoms with E-state index in [1.54, 1.807) is 31.0 Å². The van der Waals surface area contributed by atoms with Crippen LogP contribution in [-0.4, -0.2) is 90.5 Å². The number of carbonyl (C=O) groups excluding carboxylic acids is 3. The number of para-hydroxylation sites is 1. The first-order valence-electron chi connectivity index (χ1n) is 9.69.